The molecule has 0 aromatic rings. The number of fused-ring (bicyclic) bond motifs is 1. The van der Waals surface area contributed by atoms with E-state index in [-0.39, 0.29) is 17.7 Å². The summed E-state index contributed by atoms with van der Waals surface area (Å²) in [6, 6.07) is 0.406. The van der Waals surface area contributed by atoms with E-state index in [1.165, 1.54) is 0 Å². The van der Waals surface area contributed by atoms with Crippen molar-refractivity contribution in [2.75, 3.05) is 6.54 Å². The van der Waals surface area contributed by atoms with Gasteiger partial charge >= 0.3 is 5.97 Å². The molecule has 2 aliphatic carbocycles. The van der Waals surface area contributed by atoms with Gasteiger partial charge in [-0.3, -0.25) is 9.59 Å². The van der Waals surface area contributed by atoms with Gasteiger partial charge in [-0.2, -0.15) is 0 Å². The maximum absolute atomic E-state index is 12.4. The molecule has 0 bridgehead atoms. The predicted molar refractivity (Wildman–Crippen MR) is 61.2 cm³/mol. The van der Waals surface area contributed by atoms with Gasteiger partial charge in [-0.05, 0) is 31.6 Å². The summed E-state index contributed by atoms with van der Waals surface area (Å²) in [4.78, 5) is 25.6. The SMILES string of the molecule is O=C(O)[C@H]1CC=C[C@H]2CCN(C3CC3)C(=O)[C@@H]12. The third-order valence-electron chi connectivity index (χ3n) is 4.24. The first-order valence-corrected chi connectivity index (χ1v) is 6.38. The van der Waals surface area contributed by atoms with Crippen molar-refractivity contribution in [1.29, 1.82) is 0 Å². The van der Waals surface area contributed by atoms with E-state index in [0.29, 0.717) is 12.5 Å². The molecule has 3 aliphatic rings. The molecule has 1 N–H and O–H groups in total. The molecule has 17 heavy (non-hydrogen) atoms. The minimum absolute atomic E-state index is 0.0838. The predicted octanol–water partition coefficient (Wildman–Crippen LogP) is 1.27. The van der Waals surface area contributed by atoms with Crippen LogP contribution < -0.4 is 0 Å². The number of allylic oxidation sites excluding steroid dienone is 2. The Morgan fingerprint density at radius 1 is 1.35 bits per heavy atom. The van der Waals surface area contributed by atoms with Crippen molar-refractivity contribution in [3.05, 3.63) is 12.2 Å². The van der Waals surface area contributed by atoms with Crippen LogP contribution in [0, 0.1) is 17.8 Å². The van der Waals surface area contributed by atoms with Gasteiger partial charge in [0.2, 0.25) is 5.91 Å². The second-order valence-corrected chi connectivity index (χ2v) is 5.35. The number of nitrogens with zero attached hydrogens (tertiary/aromatic N) is 1. The van der Waals surface area contributed by atoms with Crippen molar-refractivity contribution < 1.29 is 14.7 Å². The fraction of sp³-hybridized carbons (Fsp3) is 0.692. The quantitative estimate of drug-likeness (QED) is 0.733. The number of piperidine rings is 1. The van der Waals surface area contributed by atoms with Crippen LogP contribution in [0.25, 0.3) is 0 Å². The second-order valence-electron chi connectivity index (χ2n) is 5.35. The molecule has 3 atom stereocenters. The monoisotopic (exact) mass is 235 g/mol. The normalized spacial score (nSPS) is 36.8. The summed E-state index contributed by atoms with van der Waals surface area (Å²) in [6.45, 7) is 0.807. The Bertz CT molecular complexity index is 386. The molecule has 0 aromatic carbocycles. The molecule has 3 rings (SSSR count). The molecule has 0 unspecified atom stereocenters. The van der Waals surface area contributed by atoms with Crippen molar-refractivity contribution in [2.24, 2.45) is 17.8 Å². The van der Waals surface area contributed by atoms with Crippen LogP contribution in [0.1, 0.15) is 25.7 Å². The average Bonchev–Trinajstić information content (AvgIpc) is 3.13. The third kappa shape index (κ3) is 1.75. The summed E-state index contributed by atoms with van der Waals surface area (Å²) in [6.07, 6.45) is 7.59. The van der Waals surface area contributed by atoms with Gasteiger partial charge in [-0.15, -0.1) is 0 Å². The van der Waals surface area contributed by atoms with Crippen LogP contribution in [0.15, 0.2) is 12.2 Å². The van der Waals surface area contributed by atoms with E-state index in [0.717, 1.165) is 25.8 Å². The molecule has 4 nitrogen and oxygen atoms in total. The van der Waals surface area contributed by atoms with Crippen LogP contribution in [0.5, 0.6) is 0 Å². The largest absolute Gasteiger partial charge is 0.481 e. The number of amides is 1. The molecule has 1 aliphatic heterocycles. The Morgan fingerprint density at radius 2 is 2.12 bits per heavy atom. The summed E-state index contributed by atoms with van der Waals surface area (Å²) in [5.41, 5.74) is 0. The third-order valence-corrected chi connectivity index (χ3v) is 4.24. The van der Waals surface area contributed by atoms with E-state index >= 15 is 0 Å². The molecule has 1 saturated heterocycles. The van der Waals surface area contributed by atoms with Gasteiger partial charge in [0.25, 0.3) is 0 Å². The van der Waals surface area contributed by atoms with Gasteiger partial charge in [-0.25, -0.2) is 0 Å². The number of carbonyl (C=O) groups excluding carboxylic acids is 1. The van der Waals surface area contributed by atoms with Crippen LogP contribution >= 0.6 is 0 Å². The number of aliphatic carboxylic acids is 1. The van der Waals surface area contributed by atoms with Gasteiger partial charge in [0.1, 0.15) is 0 Å². The first-order valence-electron chi connectivity index (χ1n) is 6.38. The molecule has 4 heteroatoms. The smallest absolute Gasteiger partial charge is 0.307 e. The average molecular weight is 235 g/mol. The molecule has 0 radical (unpaired) electrons. The van der Waals surface area contributed by atoms with E-state index in [2.05, 4.69) is 0 Å². The molecular weight excluding hydrogens is 218 g/mol. The van der Waals surface area contributed by atoms with Gasteiger partial charge in [-0.1, -0.05) is 12.2 Å². The highest BCUT2D eigenvalue weighted by molar-refractivity contribution is 5.86. The minimum atomic E-state index is -0.824. The summed E-state index contributed by atoms with van der Waals surface area (Å²) in [5, 5.41) is 9.23. The lowest BCUT2D eigenvalue weighted by Crippen LogP contribution is -2.51. The first-order chi connectivity index (χ1) is 8.18. The van der Waals surface area contributed by atoms with Gasteiger partial charge < -0.3 is 10.0 Å². The fourth-order valence-corrected chi connectivity index (χ4v) is 3.19. The summed E-state index contributed by atoms with van der Waals surface area (Å²) in [5.74, 6) is -1.42. The lowest BCUT2D eigenvalue weighted by atomic mass is 9.71. The Hall–Kier alpha value is -1.32. The Labute approximate surface area is 100 Å². The van der Waals surface area contributed by atoms with Crippen LogP contribution in [0.3, 0.4) is 0 Å². The van der Waals surface area contributed by atoms with Crippen molar-refractivity contribution in [3.63, 3.8) is 0 Å². The van der Waals surface area contributed by atoms with E-state index in [9.17, 15) is 14.7 Å². The number of hydrogen-bond donors (Lipinski definition) is 1. The molecule has 1 heterocycles. The molecule has 1 saturated carbocycles. The zero-order valence-electron chi connectivity index (χ0n) is 9.71. The number of carbonyl (C=O) groups is 2. The van der Waals surface area contributed by atoms with Crippen molar-refractivity contribution in [3.8, 4) is 0 Å². The summed E-state index contributed by atoms with van der Waals surface area (Å²) >= 11 is 0. The molecular formula is C13H17NO3. The zero-order chi connectivity index (χ0) is 12.0. The number of likely N-dealkylation sites (tertiary alicyclic amines) is 1. The highest BCUT2D eigenvalue weighted by atomic mass is 16.4. The van der Waals surface area contributed by atoms with Crippen molar-refractivity contribution >= 4 is 11.9 Å². The Morgan fingerprint density at radius 3 is 2.76 bits per heavy atom. The van der Waals surface area contributed by atoms with Gasteiger partial charge in [0.05, 0.1) is 11.8 Å². The van der Waals surface area contributed by atoms with Gasteiger partial charge in [0.15, 0.2) is 0 Å². The number of carboxylic acids is 1. The van der Waals surface area contributed by atoms with Crippen LogP contribution in [-0.2, 0) is 9.59 Å². The first kappa shape index (κ1) is 10.8. The summed E-state index contributed by atoms with van der Waals surface area (Å²) < 4.78 is 0. The second kappa shape index (κ2) is 3.86. The fourth-order valence-electron chi connectivity index (χ4n) is 3.19. The van der Waals surface area contributed by atoms with Gasteiger partial charge in [0, 0.05) is 12.6 Å². The Balaban J connectivity index is 1.86. The molecule has 92 valence electrons. The minimum Gasteiger partial charge on any atom is -0.481 e. The molecule has 1 amide bonds. The van der Waals surface area contributed by atoms with E-state index in [4.69, 9.17) is 0 Å². The van der Waals surface area contributed by atoms with E-state index in [1.807, 2.05) is 17.1 Å². The zero-order valence-corrected chi connectivity index (χ0v) is 9.71. The van der Waals surface area contributed by atoms with Crippen molar-refractivity contribution in [1.82, 2.24) is 4.90 Å². The Kier molecular flexibility index (Phi) is 2.45. The number of rotatable bonds is 2. The highest BCUT2D eigenvalue weighted by Crippen LogP contribution is 2.40. The maximum atomic E-state index is 12.4. The molecule has 0 aromatic heterocycles. The van der Waals surface area contributed by atoms with E-state index < -0.39 is 11.9 Å². The maximum Gasteiger partial charge on any atom is 0.307 e. The lowest BCUT2D eigenvalue weighted by molar-refractivity contribution is -0.155. The molecule has 2 fully saturated rings. The standard InChI is InChI=1S/C13H17NO3/c15-12-11-8(2-1-3-10(11)13(16)17)6-7-14(12)9-4-5-9/h1-2,8-11H,3-7H2,(H,16,17)/t8-,10-,11+/m0/s1. The lowest BCUT2D eigenvalue weighted by Gasteiger charge is -2.41. The van der Waals surface area contributed by atoms with Crippen LogP contribution in [0.4, 0.5) is 0 Å². The summed E-state index contributed by atoms with van der Waals surface area (Å²) in [7, 11) is 0. The van der Waals surface area contributed by atoms with Crippen LogP contribution in [0.2, 0.25) is 0 Å². The topological polar surface area (TPSA) is 57.6 Å². The molecule has 0 spiro atoms. The van der Waals surface area contributed by atoms with E-state index in [1.54, 1.807) is 0 Å². The van der Waals surface area contributed by atoms with Crippen molar-refractivity contribution in [2.45, 2.75) is 31.7 Å². The number of carboxylic acid groups (broad SMARTS) is 1. The number of hydrogen-bond acceptors (Lipinski definition) is 2. The van der Waals surface area contributed by atoms with Crippen LogP contribution in [-0.4, -0.2) is 34.5 Å². The highest BCUT2D eigenvalue weighted by Gasteiger charge is 2.47.